The highest BCUT2D eigenvalue weighted by Crippen LogP contribution is 2.30. The zero-order valence-corrected chi connectivity index (χ0v) is 11.9. The average Bonchev–Trinajstić information content (AvgIpc) is 3.14. The fraction of sp³-hybridized carbons (Fsp3) is 0.462. The molecule has 1 N–H and O–H groups in total. The van der Waals surface area contributed by atoms with Crippen LogP contribution in [0.15, 0.2) is 21.6 Å². The Morgan fingerprint density at radius 2 is 2.30 bits per heavy atom. The Bertz CT molecular complexity index is 675. The Balaban J connectivity index is 1.78. The molecule has 1 aliphatic rings. The summed E-state index contributed by atoms with van der Waals surface area (Å²) >= 11 is 6.04. The first kappa shape index (κ1) is 13.2. The van der Waals surface area contributed by atoms with Gasteiger partial charge in [-0.2, -0.15) is 5.10 Å². The minimum Gasteiger partial charge on any atom is -0.444 e. The molecule has 3 rings (SSSR count). The second kappa shape index (κ2) is 5.28. The highest BCUT2D eigenvalue weighted by molar-refractivity contribution is 6.32. The first-order valence-electron chi connectivity index (χ1n) is 6.54. The van der Waals surface area contributed by atoms with E-state index < -0.39 is 0 Å². The Hall–Kier alpha value is -1.82. The van der Waals surface area contributed by atoms with Crippen LogP contribution in [0, 0.1) is 12.8 Å². The lowest BCUT2D eigenvalue weighted by molar-refractivity contribution is 0.478. The topological polar surface area (TPSA) is 73.0 Å². The van der Waals surface area contributed by atoms with Gasteiger partial charge in [0, 0.05) is 6.54 Å². The van der Waals surface area contributed by atoms with Crippen molar-refractivity contribution < 1.29 is 4.42 Å². The van der Waals surface area contributed by atoms with E-state index in [9.17, 15) is 4.79 Å². The molecule has 2 aromatic rings. The maximum Gasteiger partial charge on any atom is 0.291 e. The van der Waals surface area contributed by atoms with Crippen molar-refractivity contribution in [1.29, 1.82) is 0 Å². The molecule has 0 bridgehead atoms. The number of aromatic nitrogens is 3. The molecule has 106 valence electrons. The van der Waals surface area contributed by atoms with Crippen molar-refractivity contribution in [3.63, 3.8) is 0 Å². The van der Waals surface area contributed by atoms with E-state index in [1.165, 1.54) is 10.9 Å². The van der Waals surface area contributed by atoms with Gasteiger partial charge in [0.2, 0.25) is 5.89 Å². The lowest BCUT2D eigenvalue weighted by Crippen LogP contribution is -2.26. The number of rotatable bonds is 5. The average molecular weight is 295 g/mol. The van der Waals surface area contributed by atoms with E-state index >= 15 is 0 Å². The first-order chi connectivity index (χ1) is 9.63. The molecule has 6 nitrogen and oxygen atoms in total. The predicted octanol–water partition coefficient (Wildman–Crippen LogP) is 2.22. The number of hydrogen-bond acceptors (Lipinski definition) is 5. The van der Waals surface area contributed by atoms with Gasteiger partial charge in [0.1, 0.15) is 11.4 Å². The van der Waals surface area contributed by atoms with Gasteiger partial charge in [0.15, 0.2) is 0 Å². The van der Waals surface area contributed by atoms with Crippen LogP contribution in [0.1, 0.15) is 24.5 Å². The van der Waals surface area contributed by atoms with E-state index in [-0.39, 0.29) is 5.56 Å². The summed E-state index contributed by atoms with van der Waals surface area (Å²) < 4.78 is 6.81. The van der Waals surface area contributed by atoms with Gasteiger partial charge < -0.3 is 9.73 Å². The van der Waals surface area contributed by atoms with Crippen molar-refractivity contribution in [2.45, 2.75) is 32.9 Å². The van der Waals surface area contributed by atoms with Crippen LogP contribution >= 0.6 is 11.6 Å². The molecule has 1 fully saturated rings. The summed E-state index contributed by atoms with van der Waals surface area (Å²) in [5.74, 6) is 1.82. The molecule has 0 aromatic carbocycles. The molecule has 0 radical (unpaired) electrons. The summed E-state index contributed by atoms with van der Waals surface area (Å²) in [6.07, 6.45) is 5.45. The van der Waals surface area contributed by atoms with E-state index in [0.29, 0.717) is 35.6 Å². The minimum atomic E-state index is -0.201. The van der Waals surface area contributed by atoms with Gasteiger partial charge in [-0.25, -0.2) is 9.67 Å². The fourth-order valence-corrected chi connectivity index (χ4v) is 2.14. The molecule has 20 heavy (non-hydrogen) atoms. The molecule has 1 saturated carbocycles. The van der Waals surface area contributed by atoms with Crippen LogP contribution < -0.4 is 10.9 Å². The lowest BCUT2D eigenvalue weighted by atomic mass is 10.4. The van der Waals surface area contributed by atoms with Crippen LogP contribution in [0.4, 0.5) is 5.69 Å². The Kier molecular flexibility index (Phi) is 3.48. The summed E-state index contributed by atoms with van der Waals surface area (Å²) in [7, 11) is 0. The quantitative estimate of drug-likeness (QED) is 0.915. The first-order valence-corrected chi connectivity index (χ1v) is 6.92. The van der Waals surface area contributed by atoms with E-state index in [0.717, 1.165) is 18.6 Å². The van der Waals surface area contributed by atoms with Crippen molar-refractivity contribution in [1.82, 2.24) is 14.8 Å². The molecule has 0 aliphatic heterocycles. The van der Waals surface area contributed by atoms with Crippen molar-refractivity contribution in [2.24, 2.45) is 5.92 Å². The number of anilines is 1. The predicted molar refractivity (Wildman–Crippen MR) is 74.8 cm³/mol. The lowest BCUT2D eigenvalue weighted by Gasteiger charge is -2.09. The van der Waals surface area contributed by atoms with Crippen molar-refractivity contribution in [3.8, 4) is 0 Å². The molecule has 0 atom stereocenters. The summed E-state index contributed by atoms with van der Waals surface area (Å²) in [5, 5.41) is 7.36. The molecule has 0 amide bonds. The third-order valence-corrected chi connectivity index (χ3v) is 3.50. The van der Waals surface area contributed by atoms with Crippen LogP contribution in [0.2, 0.25) is 5.02 Å². The maximum absolute atomic E-state index is 12.3. The SMILES string of the molecule is Cc1cnc(CNc2c(Cl)cnn(CC3CC3)c2=O)o1. The molecule has 1 aliphatic carbocycles. The van der Waals surface area contributed by atoms with Crippen LogP contribution in [0.3, 0.4) is 0 Å². The highest BCUT2D eigenvalue weighted by Gasteiger charge is 2.23. The van der Waals surface area contributed by atoms with Gasteiger partial charge in [-0.15, -0.1) is 0 Å². The zero-order chi connectivity index (χ0) is 14.1. The highest BCUT2D eigenvalue weighted by atomic mass is 35.5. The van der Waals surface area contributed by atoms with E-state index in [1.54, 1.807) is 6.20 Å². The van der Waals surface area contributed by atoms with E-state index in [4.69, 9.17) is 16.0 Å². The smallest absolute Gasteiger partial charge is 0.291 e. The van der Waals surface area contributed by atoms with Gasteiger partial charge in [0.05, 0.1) is 24.0 Å². The summed E-state index contributed by atoms with van der Waals surface area (Å²) in [5.41, 5.74) is 0.144. The summed E-state index contributed by atoms with van der Waals surface area (Å²) in [6.45, 7) is 2.79. The van der Waals surface area contributed by atoms with Crippen LogP contribution in [0.5, 0.6) is 0 Å². The largest absolute Gasteiger partial charge is 0.444 e. The van der Waals surface area contributed by atoms with E-state index in [1.807, 2.05) is 6.92 Å². The van der Waals surface area contributed by atoms with Gasteiger partial charge >= 0.3 is 0 Å². The van der Waals surface area contributed by atoms with Crippen molar-refractivity contribution >= 4 is 17.3 Å². The van der Waals surface area contributed by atoms with Crippen molar-refractivity contribution in [2.75, 3.05) is 5.32 Å². The Morgan fingerprint density at radius 1 is 1.50 bits per heavy atom. The third kappa shape index (κ3) is 2.85. The van der Waals surface area contributed by atoms with Gasteiger partial charge in [-0.1, -0.05) is 11.6 Å². The van der Waals surface area contributed by atoms with Crippen molar-refractivity contribution in [3.05, 3.63) is 39.4 Å². The zero-order valence-electron chi connectivity index (χ0n) is 11.1. The van der Waals surface area contributed by atoms with Gasteiger partial charge in [-0.3, -0.25) is 4.79 Å². The second-order valence-corrected chi connectivity index (χ2v) is 5.42. The van der Waals surface area contributed by atoms with Gasteiger partial charge in [0.25, 0.3) is 5.56 Å². The normalized spacial score (nSPS) is 14.5. The molecule has 0 spiro atoms. The third-order valence-electron chi connectivity index (χ3n) is 3.21. The maximum atomic E-state index is 12.3. The van der Waals surface area contributed by atoms with Gasteiger partial charge in [-0.05, 0) is 25.7 Å². The van der Waals surface area contributed by atoms with E-state index in [2.05, 4.69) is 15.4 Å². The van der Waals surface area contributed by atoms with Crippen LogP contribution in [-0.2, 0) is 13.1 Å². The number of halogens is 1. The summed E-state index contributed by atoms with van der Waals surface area (Å²) in [6, 6.07) is 0. The molecule has 0 saturated heterocycles. The molecular formula is C13H15ClN4O2. The Labute approximate surface area is 120 Å². The fourth-order valence-electron chi connectivity index (χ4n) is 1.95. The monoisotopic (exact) mass is 294 g/mol. The number of aryl methyl sites for hydroxylation is 1. The number of nitrogens with one attached hydrogen (secondary N) is 1. The van der Waals surface area contributed by atoms with Crippen LogP contribution in [0.25, 0.3) is 0 Å². The molecule has 2 aromatic heterocycles. The number of nitrogens with zero attached hydrogens (tertiary/aromatic N) is 3. The molecule has 0 unspecified atom stereocenters. The standard InChI is InChI=1S/C13H15ClN4O2/c1-8-4-15-11(20-8)6-16-12-10(14)5-17-18(13(12)19)7-9-2-3-9/h4-5,9,16H,2-3,6-7H2,1H3. The number of oxazole rings is 1. The molecule has 7 heteroatoms. The molecular weight excluding hydrogens is 280 g/mol. The Morgan fingerprint density at radius 3 is 2.95 bits per heavy atom. The van der Waals surface area contributed by atoms with Crippen LogP contribution in [-0.4, -0.2) is 14.8 Å². The second-order valence-electron chi connectivity index (χ2n) is 5.02. The minimum absolute atomic E-state index is 0.201. The summed E-state index contributed by atoms with van der Waals surface area (Å²) in [4.78, 5) is 16.4. The molecule has 2 heterocycles. The number of hydrogen-bond donors (Lipinski definition) is 1.